The molecule has 1 atom stereocenters. The summed E-state index contributed by atoms with van der Waals surface area (Å²) < 4.78 is 10.5. The van der Waals surface area contributed by atoms with Crippen LogP contribution in [0.5, 0.6) is 5.75 Å². The summed E-state index contributed by atoms with van der Waals surface area (Å²) in [5.74, 6) is -1.31. The number of esters is 2. The van der Waals surface area contributed by atoms with E-state index in [9.17, 15) is 14.4 Å². The third-order valence-corrected chi connectivity index (χ3v) is 4.35. The number of ketones is 1. The maximum atomic E-state index is 13.0. The minimum atomic E-state index is -0.544. The average Bonchev–Trinajstić information content (AvgIpc) is 3.19. The second-order valence-electron chi connectivity index (χ2n) is 6.36. The monoisotopic (exact) mass is 367 g/mol. The van der Waals surface area contributed by atoms with Gasteiger partial charge >= 0.3 is 11.9 Å². The molecule has 1 fully saturated rings. The van der Waals surface area contributed by atoms with Gasteiger partial charge in [-0.15, -0.1) is 0 Å². The molecular weight excluding hydrogens is 346 g/mol. The standard InChI is InChI=1S/C21H21NO5/c1-14(23)27-19-11-5-4-10-18(19)20(24)16-8-2-3-9-17(16)21(25)26-13-15-7-6-12-22-15/h2-5,8-11,15,22H,6-7,12-13H2,1H3. The zero-order valence-corrected chi connectivity index (χ0v) is 15.1. The quantitative estimate of drug-likeness (QED) is 0.480. The van der Waals surface area contributed by atoms with Crippen LogP contribution >= 0.6 is 0 Å². The second kappa shape index (κ2) is 8.60. The normalized spacial score (nSPS) is 16.0. The highest BCUT2D eigenvalue weighted by molar-refractivity contribution is 6.15. The Morgan fingerprint density at radius 2 is 1.67 bits per heavy atom. The molecule has 1 N–H and O–H groups in total. The van der Waals surface area contributed by atoms with Crippen LogP contribution < -0.4 is 10.1 Å². The number of rotatable bonds is 6. The van der Waals surface area contributed by atoms with E-state index in [4.69, 9.17) is 9.47 Å². The molecule has 0 bridgehead atoms. The highest BCUT2D eigenvalue weighted by atomic mass is 16.5. The summed E-state index contributed by atoms with van der Waals surface area (Å²) in [6, 6.07) is 13.1. The highest BCUT2D eigenvalue weighted by Crippen LogP contribution is 2.24. The number of hydrogen-bond acceptors (Lipinski definition) is 6. The van der Waals surface area contributed by atoms with Gasteiger partial charge in [0.15, 0.2) is 5.78 Å². The lowest BCUT2D eigenvalue weighted by Gasteiger charge is -2.13. The molecule has 2 aromatic rings. The van der Waals surface area contributed by atoms with Crippen LogP contribution in [0.3, 0.4) is 0 Å². The van der Waals surface area contributed by atoms with Crippen LogP contribution in [0.2, 0.25) is 0 Å². The van der Waals surface area contributed by atoms with E-state index >= 15 is 0 Å². The summed E-state index contributed by atoms with van der Waals surface area (Å²) >= 11 is 0. The van der Waals surface area contributed by atoms with E-state index in [1.807, 2.05) is 0 Å². The maximum absolute atomic E-state index is 13.0. The molecule has 0 spiro atoms. The van der Waals surface area contributed by atoms with E-state index in [1.165, 1.54) is 6.92 Å². The van der Waals surface area contributed by atoms with E-state index in [1.54, 1.807) is 48.5 Å². The van der Waals surface area contributed by atoms with Crippen molar-refractivity contribution >= 4 is 17.7 Å². The van der Waals surface area contributed by atoms with Crippen molar-refractivity contribution in [2.75, 3.05) is 13.2 Å². The van der Waals surface area contributed by atoms with Gasteiger partial charge in [0.1, 0.15) is 12.4 Å². The molecule has 0 aromatic heterocycles. The molecule has 6 heteroatoms. The molecule has 3 rings (SSSR count). The molecule has 0 aliphatic carbocycles. The number of carbonyl (C=O) groups excluding carboxylic acids is 3. The molecule has 1 saturated heterocycles. The first kappa shape index (κ1) is 18.8. The lowest BCUT2D eigenvalue weighted by Crippen LogP contribution is -2.28. The number of benzene rings is 2. The van der Waals surface area contributed by atoms with Crippen molar-refractivity contribution in [1.82, 2.24) is 5.32 Å². The minimum absolute atomic E-state index is 0.154. The van der Waals surface area contributed by atoms with Gasteiger partial charge in [-0.3, -0.25) is 9.59 Å². The third-order valence-electron chi connectivity index (χ3n) is 4.35. The first-order valence-electron chi connectivity index (χ1n) is 8.88. The summed E-state index contributed by atoms with van der Waals surface area (Å²) in [4.78, 5) is 36.9. The van der Waals surface area contributed by atoms with Crippen molar-refractivity contribution < 1.29 is 23.9 Å². The molecule has 1 aliphatic heterocycles. The zero-order valence-electron chi connectivity index (χ0n) is 15.1. The third kappa shape index (κ3) is 4.60. The predicted octanol–water partition coefficient (Wildman–Crippen LogP) is 2.75. The Kier molecular flexibility index (Phi) is 5.98. The first-order valence-corrected chi connectivity index (χ1v) is 8.88. The molecule has 1 heterocycles. The van der Waals surface area contributed by atoms with E-state index in [-0.39, 0.29) is 35.1 Å². The lowest BCUT2D eigenvalue weighted by atomic mass is 9.97. The fraction of sp³-hybridized carbons (Fsp3) is 0.286. The summed E-state index contributed by atoms with van der Waals surface area (Å²) in [6.45, 7) is 2.46. The maximum Gasteiger partial charge on any atom is 0.338 e. The van der Waals surface area contributed by atoms with E-state index in [2.05, 4.69) is 5.32 Å². The number of carbonyl (C=O) groups is 3. The van der Waals surface area contributed by atoms with Gasteiger partial charge < -0.3 is 14.8 Å². The van der Waals surface area contributed by atoms with Crippen molar-refractivity contribution in [3.8, 4) is 5.75 Å². The Morgan fingerprint density at radius 1 is 1.00 bits per heavy atom. The molecule has 2 aromatic carbocycles. The Balaban J connectivity index is 1.84. The SMILES string of the molecule is CC(=O)Oc1ccccc1C(=O)c1ccccc1C(=O)OCC1CCCN1. The summed E-state index contributed by atoms with van der Waals surface area (Å²) in [5.41, 5.74) is 0.616. The highest BCUT2D eigenvalue weighted by Gasteiger charge is 2.23. The average molecular weight is 367 g/mol. The Labute approximate surface area is 157 Å². The van der Waals surface area contributed by atoms with Crippen molar-refractivity contribution in [2.24, 2.45) is 0 Å². The van der Waals surface area contributed by atoms with Gasteiger partial charge in [-0.05, 0) is 37.6 Å². The topological polar surface area (TPSA) is 81.7 Å². The molecule has 6 nitrogen and oxygen atoms in total. The second-order valence-corrected chi connectivity index (χ2v) is 6.36. The van der Waals surface area contributed by atoms with Gasteiger partial charge in [-0.25, -0.2) is 4.79 Å². The zero-order chi connectivity index (χ0) is 19.2. The Morgan fingerprint density at radius 3 is 2.33 bits per heavy atom. The van der Waals surface area contributed by atoms with Crippen LogP contribution in [0.1, 0.15) is 46.0 Å². The van der Waals surface area contributed by atoms with Crippen LogP contribution in [-0.2, 0) is 9.53 Å². The lowest BCUT2D eigenvalue weighted by molar-refractivity contribution is -0.131. The molecule has 0 amide bonds. The van der Waals surface area contributed by atoms with Gasteiger partial charge in [-0.2, -0.15) is 0 Å². The molecule has 0 radical (unpaired) electrons. The molecule has 0 saturated carbocycles. The molecule has 27 heavy (non-hydrogen) atoms. The van der Waals surface area contributed by atoms with E-state index < -0.39 is 17.7 Å². The predicted molar refractivity (Wildman–Crippen MR) is 98.9 cm³/mol. The van der Waals surface area contributed by atoms with Crippen molar-refractivity contribution in [3.05, 3.63) is 65.2 Å². The first-order chi connectivity index (χ1) is 13.1. The number of hydrogen-bond donors (Lipinski definition) is 1. The van der Waals surface area contributed by atoms with Crippen molar-refractivity contribution in [1.29, 1.82) is 0 Å². The summed E-state index contributed by atoms with van der Waals surface area (Å²) in [6.07, 6.45) is 2.02. The van der Waals surface area contributed by atoms with Crippen LogP contribution in [-0.4, -0.2) is 36.9 Å². The Hall–Kier alpha value is -2.99. The smallest absolute Gasteiger partial charge is 0.338 e. The van der Waals surface area contributed by atoms with Gasteiger partial charge in [0.25, 0.3) is 0 Å². The fourth-order valence-corrected chi connectivity index (χ4v) is 3.06. The number of nitrogens with one attached hydrogen (secondary N) is 1. The van der Waals surface area contributed by atoms with E-state index in [0.29, 0.717) is 0 Å². The summed E-state index contributed by atoms with van der Waals surface area (Å²) in [7, 11) is 0. The molecule has 140 valence electrons. The van der Waals surface area contributed by atoms with Crippen molar-refractivity contribution in [2.45, 2.75) is 25.8 Å². The van der Waals surface area contributed by atoms with Gasteiger partial charge in [0, 0.05) is 18.5 Å². The fourth-order valence-electron chi connectivity index (χ4n) is 3.06. The van der Waals surface area contributed by atoms with Crippen LogP contribution in [0.25, 0.3) is 0 Å². The summed E-state index contributed by atoms with van der Waals surface area (Å²) in [5, 5.41) is 3.26. The van der Waals surface area contributed by atoms with Crippen LogP contribution in [0.15, 0.2) is 48.5 Å². The molecular formula is C21H21NO5. The molecule has 1 aliphatic rings. The van der Waals surface area contributed by atoms with Crippen LogP contribution in [0.4, 0.5) is 0 Å². The van der Waals surface area contributed by atoms with E-state index in [0.717, 1.165) is 19.4 Å². The van der Waals surface area contributed by atoms with Gasteiger partial charge in [0.2, 0.25) is 0 Å². The van der Waals surface area contributed by atoms with Gasteiger partial charge in [0.05, 0.1) is 11.1 Å². The largest absolute Gasteiger partial charge is 0.460 e. The van der Waals surface area contributed by atoms with Crippen LogP contribution in [0, 0.1) is 0 Å². The van der Waals surface area contributed by atoms with Gasteiger partial charge in [-0.1, -0.05) is 30.3 Å². The molecule has 1 unspecified atom stereocenters. The number of ether oxygens (including phenoxy) is 2. The van der Waals surface area contributed by atoms with Crippen molar-refractivity contribution in [3.63, 3.8) is 0 Å². The Bertz CT molecular complexity index is 855. The number of para-hydroxylation sites is 1. The minimum Gasteiger partial charge on any atom is -0.460 e.